The van der Waals surface area contributed by atoms with Gasteiger partial charge in [0.15, 0.2) is 0 Å². The summed E-state index contributed by atoms with van der Waals surface area (Å²) in [7, 11) is 0. The van der Waals surface area contributed by atoms with Crippen molar-refractivity contribution in [2.45, 2.75) is 26.3 Å². The number of rotatable bonds is 6. The van der Waals surface area contributed by atoms with Crippen LogP contribution in [0.15, 0.2) is 40.8 Å². The quantitative estimate of drug-likeness (QED) is 0.764. The van der Waals surface area contributed by atoms with E-state index in [1.165, 1.54) is 0 Å². The maximum absolute atomic E-state index is 11.2. The average molecular weight is 288 g/mol. The third kappa shape index (κ3) is 4.10. The number of hydrogen-bond donors (Lipinski definition) is 3. The molecule has 1 amide bonds. The SMILES string of the molecule is CCc1ccc(C(C)Nc2cccc(NC(=O)CO)c2)o1. The highest BCUT2D eigenvalue weighted by Gasteiger charge is 2.10. The fourth-order valence-corrected chi connectivity index (χ4v) is 2.03. The van der Waals surface area contributed by atoms with E-state index in [0.29, 0.717) is 5.69 Å². The molecule has 1 aromatic heterocycles. The first-order chi connectivity index (χ1) is 10.1. The van der Waals surface area contributed by atoms with Gasteiger partial charge in [0.05, 0.1) is 6.04 Å². The minimum Gasteiger partial charge on any atom is -0.464 e. The molecule has 0 aliphatic heterocycles. The Morgan fingerprint density at radius 2 is 2.05 bits per heavy atom. The first-order valence-electron chi connectivity index (χ1n) is 6.98. The lowest BCUT2D eigenvalue weighted by molar-refractivity contribution is -0.118. The molecule has 0 bridgehead atoms. The summed E-state index contributed by atoms with van der Waals surface area (Å²) < 4.78 is 5.71. The summed E-state index contributed by atoms with van der Waals surface area (Å²) >= 11 is 0. The highest BCUT2D eigenvalue weighted by atomic mass is 16.3. The van der Waals surface area contributed by atoms with Gasteiger partial charge in [-0.05, 0) is 37.3 Å². The molecule has 2 aromatic rings. The zero-order valence-electron chi connectivity index (χ0n) is 12.2. The third-order valence-corrected chi connectivity index (χ3v) is 3.13. The van der Waals surface area contributed by atoms with Crippen LogP contribution in [0.5, 0.6) is 0 Å². The standard InChI is InChI=1S/C16H20N2O3/c1-3-14-7-8-15(21-14)11(2)17-12-5-4-6-13(9-12)18-16(20)10-19/h4-9,11,17,19H,3,10H2,1-2H3,(H,18,20). The monoisotopic (exact) mass is 288 g/mol. The molecule has 1 heterocycles. The van der Waals surface area contributed by atoms with Crippen molar-refractivity contribution in [1.29, 1.82) is 0 Å². The molecule has 5 nitrogen and oxygen atoms in total. The topological polar surface area (TPSA) is 74.5 Å². The fourth-order valence-electron chi connectivity index (χ4n) is 2.03. The van der Waals surface area contributed by atoms with Crippen LogP contribution in [0.1, 0.15) is 31.4 Å². The number of aryl methyl sites for hydroxylation is 1. The molecule has 21 heavy (non-hydrogen) atoms. The second-order valence-corrected chi connectivity index (χ2v) is 4.81. The van der Waals surface area contributed by atoms with Crippen molar-refractivity contribution in [3.8, 4) is 0 Å². The zero-order valence-corrected chi connectivity index (χ0v) is 12.2. The van der Waals surface area contributed by atoms with Crippen molar-refractivity contribution >= 4 is 17.3 Å². The summed E-state index contributed by atoms with van der Waals surface area (Å²) in [6, 6.07) is 11.3. The van der Waals surface area contributed by atoms with E-state index >= 15 is 0 Å². The van der Waals surface area contributed by atoms with Gasteiger partial charge in [0.1, 0.15) is 18.1 Å². The van der Waals surface area contributed by atoms with Gasteiger partial charge in [-0.3, -0.25) is 4.79 Å². The van der Waals surface area contributed by atoms with Gasteiger partial charge in [-0.15, -0.1) is 0 Å². The minimum absolute atomic E-state index is 0.0223. The van der Waals surface area contributed by atoms with Crippen LogP contribution in [0.25, 0.3) is 0 Å². The highest BCUT2D eigenvalue weighted by molar-refractivity contribution is 5.91. The molecule has 0 fully saturated rings. The Morgan fingerprint density at radius 1 is 1.29 bits per heavy atom. The van der Waals surface area contributed by atoms with E-state index in [4.69, 9.17) is 9.52 Å². The predicted octanol–water partition coefficient (Wildman–Crippen LogP) is 2.95. The van der Waals surface area contributed by atoms with Crippen molar-refractivity contribution in [3.05, 3.63) is 47.9 Å². The highest BCUT2D eigenvalue weighted by Crippen LogP contribution is 2.23. The number of carbonyl (C=O) groups excluding carboxylic acids is 1. The summed E-state index contributed by atoms with van der Waals surface area (Å²) in [5, 5.41) is 14.7. The van der Waals surface area contributed by atoms with E-state index in [9.17, 15) is 4.79 Å². The van der Waals surface area contributed by atoms with Gasteiger partial charge in [-0.1, -0.05) is 13.0 Å². The number of amides is 1. The second kappa shape index (κ2) is 6.95. The van der Waals surface area contributed by atoms with E-state index in [1.54, 1.807) is 6.07 Å². The van der Waals surface area contributed by atoms with Crippen molar-refractivity contribution < 1.29 is 14.3 Å². The van der Waals surface area contributed by atoms with E-state index in [-0.39, 0.29) is 6.04 Å². The summed E-state index contributed by atoms with van der Waals surface area (Å²) in [5.74, 6) is 1.40. The van der Waals surface area contributed by atoms with Gasteiger partial charge in [0.25, 0.3) is 0 Å². The number of nitrogens with one attached hydrogen (secondary N) is 2. The molecule has 0 saturated heterocycles. The Kier molecular flexibility index (Phi) is 5.00. The van der Waals surface area contributed by atoms with Gasteiger partial charge in [-0.25, -0.2) is 0 Å². The largest absolute Gasteiger partial charge is 0.464 e. The van der Waals surface area contributed by atoms with Crippen LogP contribution >= 0.6 is 0 Å². The number of furan rings is 1. The Hall–Kier alpha value is -2.27. The molecule has 2 rings (SSSR count). The molecule has 1 atom stereocenters. The second-order valence-electron chi connectivity index (χ2n) is 4.81. The van der Waals surface area contributed by atoms with Crippen LogP contribution in [0.3, 0.4) is 0 Å². The van der Waals surface area contributed by atoms with Gasteiger partial charge < -0.3 is 20.2 Å². The lowest BCUT2D eigenvalue weighted by atomic mass is 10.2. The van der Waals surface area contributed by atoms with Crippen molar-refractivity contribution in [2.75, 3.05) is 17.2 Å². The van der Waals surface area contributed by atoms with Crippen LogP contribution in [-0.2, 0) is 11.2 Å². The van der Waals surface area contributed by atoms with Crippen LogP contribution < -0.4 is 10.6 Å². The molecule has 112 valence electrons. The minimum atomic E-state index is -0.528. The average Bonchev–Trinajstić information content (AvgIpc) is 2.96. The lowest BCUT2D eigenvalue weighted by Crippen LogP contribution is -2.15. The third-order valence-electron chi connectivity index (χ3n) is 3.13. The molecule has 0 spiro atoms. The molecule has 1 aromatic carbocycles. The van der Waals surface area contributed by atoms with Gasteiger partial charge in [-0.2, -0.15) is 0 Å². The number of anilines is 2. The molecular formula is C16H20N2O3. The Labute approximate surface area is 124 Å². The van der Waals surface area contributed by atoms with Crippen molar-refractivity contribution in [2.24, 2.45) is 0 Å². The van der Waals surface area contributed by atoms with E-state index in [1.807, 2.05) is 44.2 Å². The Morgan fingerprint density at radius 3 is 2.71 bits per heavy atom. The first kappa shape index (κ1) is 15.1. The smallest absolute Gasteiger partial charge is 0.250 e. The summed E-state index contributed by atoms with van der Waals surface area (Å²) in [4.78, 5) is 11.2. The number of aliphatic hydroxyl groups excluding tert-OH is 1. The molecule has 5 heteroatoms. The maximum atomic E-state index is 11.2. The zero-order chi connectivity index (χ0) is 15.2. The number of aliphatic hydroxyl groups is 1. The summed E-state index contributed by atoms with van der Waals surface area (Å²) in [5.41, 5.74) is 1.51. The van der Waals surface area contributed by atoms with Crippen LogP contribution in [0, 0.1) is 0 Å². The predicted molar refractivity (Wildman–Crippen MR) is 82.3 cm³/mol. The van der Waals surface area contributed by atoms with Crippen LogP contribution in [0.2, 0.25) is 0 Å². The normalized spacial score (nSPS) is 12.0. The lowest BCUT2D eigenvalue weighted by Gasteiger charge is -2.14. The van der Waals surface area contributed by atoms with Crippen molar-refractivity contribution in [3.63, 3.8) is 0 Å². The Bertz CT molecular complexity index is 607. The fraction of sp³-hybridized carbons (Fsp3) is 0.312. The van der Waals surface area contributed by atoms with E-state index in [0.717, 1.165) is 23.6 Å². The van der Waals surface area contributed by atoms with Crippen LogP contribution in [-0.4, -0.2) is 17.6 Å². The molecule has 0 saturated carbocycles. The van der Waals surface area contributed by atoms with E-state index < -0.39 is 12.5 Å². The number of carbonyl (C=O) groups is 1. The molecular weight excluding hydrogens is 268 g/mol. The maximum Gasteiger partial charge on any atom is 0.250 e. The molecule has 3 N–H and O–H groups in total. The summed E-state index contributed by atoms with van der Waals surface area (Å²) in [6.45, 7) is 3.53. The molecule has 0 aliphatic carbocycles. The van der Waals surface area contributed by atoms with Crippen molar-refractivity contribution in [1.82, 2.24) is 0 Å². The van der Waals surface area contributed by atoms with Gasteiger partial charge in [0.2, 0.25) is 5.91 Å². The first-order valence-corrected chi connectivity index (χ1v) is 6.98. The number of benzene rings is 1. The Balaban J connectivity index is 2.04. The molecule has 1 unspecified atom stereocenters. The van der Waals surface area contributed by atoms with Crippen LogP contribution in [0.4, 0.5) is 11.4 Å². The van der Waals surface area contributed by atoms with Gasteiger partial charge >= 0.3 is 0 Å². The summed E-state index contributed by atoms with van der Waals surface area (Å²) in [6.07, 6.45) is 0.870. The molecule has 0 radical (unpaired) electrons. The number of hydrogen-bond acceptors (Lipinski definition) is 4. The van der Waals surface area contributed by atoms with Gasteiger partial charge in [0, 0.05) is 17.8 Å². The van der Waals surface area contributed by atoms with E-state index in [2.05, 4.69) is 10.6 Å². The molecule has 0 aliphatic rings.